The standard InChI is InChI=1S/C30H30F3N3O2/c1-2-3-16-35(19-30(31,32)33)29(38)27-24-13-8-7-12-22(24)23-14-9-15-25(26(23)27)36-17-21(18-36)34-28(37)20-10-5-4-6-11-20/h4-15,21,27H,2-3,16-19H2,1H3,(H,34,37). The SMILES string of the molecule is CCCCN(CC(F)(F)F)C(=O)C1c2ccccc2-c2cccc(N3CC(NC(=O)c4ccccc4)C3)c21. The van der Waals surface area contributed by atoms with E-state index in [2.05, 4.69) is 10.2 Å². The van der Waals surface area contributed by atoms with Crippen LogP contribution < -0.4 is 10.2 Å². The lowest BCUT2D eigenvalue weighted by Gasteiger charge is -2.42. The molecular weight excluding hydrogens is 491 g/mol. The first-order valence-corrected chi connectivity index (χ1v) is 13.0. The van der Waals surface area contributed by atoms with Crippen molar-refractivity contribution in [1.29, 1.82) is 0 Å². The van der Waals surface area contributed by atoms with Gasteiger partial charge < -0.3 is 15.1 Å². The van der Waals surface area contributed by atoms with Crippen molar-refractivity contribution in [2.45, 2.75) is 37.9 Å². The number of nitrogens with one attached hydrogen (secondary N) is 1. The van der Waals surface area contributed by atoms with Gasteiger partial charge >= 0.3 is 6.18 Å². The third-order valence-electron chi connectivity index (χ3n) is 7.24. The Labute approximate surface area is 220 Å². The number of nitrogens with zero attached hydrogens (tertiary/aromatic N) is 2. The Morgan fingerprint density at radius 3 is 2.34 bits per heavy atom. The molecule has 8 heteroatoms. The molecule has 0 spiro atoms. The summed E-state index contributed by atoms with van der Waals surface area (Å²) in [4.78, 5) is 29.5. The monoisotopic (exact) mass is 521 g/mol. The number of unbranched alkanes of at least 4 members (excludes halogenated alkanes) is 1. The molecule has 3 aromatic carbocycles. The molecule has 2 aliphatic rings. The van der Waals surface area contributed by atoms with Gasteiger partial charge in [0.25, 0.3) is 5.91 Å². The second kappa shape index (κ2) is 10.5. The van der Waals surface area contributed by atoms with Gasteiger partial charge in [0.15, 0.2) is 0 Å². The van der Waals surface area contributed by atoms with E-state index in [1.54, 1.807) is 12.1 Å². The number of benzene rings is 3. The number of hydrogen-bond donors (Lipinski definition) is 1. The number of halogens is 3. The zero-order valence-electron chi connectivity index (χ0n) is 21.2. The highest BCUT2D eigenvalue weighted by atomic mass is 19.4. The highest BCUT2D eigenvalue weighted by Crippen LogP contribution is 2.50. The van der Waals surface area contributed by atoms with Crippen LogP contribution in [0.3, 0.4) is 0 Å². The van der Waals surface area contributed by atoms with Crippen molar-refractivity contribution in [3.8, 4) is 11.1 Å². The first kappa shape index (κ1) is 25.8. The summed E-state index contributed by atoms with van der Waals surface area (Å²) in [7, 11) is 0. The van der Waals surface area contributed by atoms with Crippen LogP contribution >= 0.6 is 0 Å². The zero-order chi connectivity index (χ0) is 26.9. The molecule has 5 nitrogen and oxygen atoms in total. The fraction of sp³-hybridized carbons (Fsp3) is 0.333. The maximum atomic E-state index is 13.9. The predicted molar refractivity (Wildman–Crippen MR) is 141 cm³/mol. The van der Waals surface area contributed by atoms with Crippen LogP contribution in [0.2, 0.25) is 0 Å². The van der Waals surface area contributed by atoms with Crippen molar-refractivity contribution in [2.24, 2.45) is 0 Å². The highest BCUT2D eigenvalue weighted by Gasteiger charge is 2.42. The normalized spacial score (nSPS) is 16.4. The van der Waals surface area contributed by atoms with Gasteiger partial charge in [0, 0.05) is 36.4 Å². The smallest absolute Gasteiger partial charge is 0.367 e. The van der Waals surface area contributed by atoms with Crippen molar-refractivity contribution in [3.63, 3.8) is 0 Å². The summed E-state index contributed by atoms with van der Waals surface area (Å²) in [5.41, 5.74) is 4.64. The molecule has 1 fully saturated rings. The van der Waals surface area contributed by atoms with Gasteiger partial charge in [0.2, 0.25) is 5.91 Å². The van der Waals surface area contributed by atoms with E-state index in [1.807, 2.05) is 67.6 Å². The Kier molecular flexibility index (Phi) is 7.15. The number of anilines is 1. The van der Waals surface area contributed by atoms with E-state index in [1.165, 1.54) is 0 Å². The molecular formula is C30H30F3N3O2. The molecule has 3 aromatic rings. The molecule has 198 valence electrons. The summed E-state index contributed by atoms with van der Waals surface area (Å²) in [6.07, 6.45) is -3.29. The molecule has 2 amide bonds. The van der Waals surface area contributed by atoms with Crippen LogP contribution in [0, 0.1) is 0 Å². The van der Waals surface area contributed by atoms with Crippen LogP contribution in [0.25, 0.3) is 11.1 Å². The number of carbonyl (C=O) groups is 2. The van der Waals surface area contributed by atoms with Crippen LogP contribution in [0.5, 0.6) is 0 Å². The number of hydrogen-bond acceptors (Lipinski definition) is 3. The lowest BCUT2D eigenvalue weighted by atomic mass is 9.92. The minimum atomic E-state index is -4.48. The van der Waals surface area contributed by atoms with Gasteiger partial charge in [-0.2, -0.15) is 13.2 Å². The summed E-state index contributed by atoms with van der Waals surface area (Å²) in [5.74, 6) is -1.48. The lowest BCUT2D eigenvalue weighted by molar-refractivity contribution is -0.161. The van der Waals surface area contributed by atoms with E-state index in [-0.39, 0.29) is 18.5 Å². The van der Waals surface area contributed by atoms with Crippen molar-refractivity contribution in [3.05, 3.63) is 89.5 Å². The fourth-order valence-electron chi connectivity index (χ4n) is 5.41. The van der Waals surface area contributed by atoms with Gasteiger partial charge in [-0.25, -0.2) is 0 Å². The van der Waals surface area contributed by atoms with Gasteiger partial charge in [-0.05, 0) is 41.3 Å². The molecule has 0 saturated carbocycles. The minimum Gasteiger partial charge on any atom is -0.367 e. The summed E-state index contributed by atoms with van der Waals surface area (Å²) in [5, 5.41) is 3.04. The van der Waals surface area contributed by atoms with E-state index < -0.39 is 24.5 Å². The molecule has 5 rings (SSSR count). The van der Waals surface area contributed by atoms with E-state index in [9.17, 15) is 22.8 Å². The van der Waals surface area contributed by atoms with E-state index in [0.717, 1.165) is 32.8 Å². The van der Waals surface area contributed by atoms with Gasteiger partial charge in [-0.15, -0.1) is 0 Å². The maximum Gasteiger partial charge on any atom is 0.406 e. The third kappa shape index (κ3) is 5.12. The second-order valence-corrected chi connectivity index (χ2v) is 9.93. The van der Waals surface area contributed by atoms with Crippen LogP contribution in [0.15, 0.2) is 72.8 Å². The van der Waals surface area contributed by atoms with E-state index >= 15 is 0 Å². The van der Waals surface area contributed by atoms with Crippen LogP contribution in [-0.4, -0.2) is 55.1 Å². The number of alkyl halides is 3. The molecule has 1 aliphatic heterocycles. The zero-order valence-corrected chi connectivity index (χ0v) is 21.2. The summed E-state index contributed by atoms with van der Waals surface area (Å²) in [6.45, 7) is 1.79. The number of rotatable bonds is 8. The maximum absolute atomic E-state index is 13.9. The van der Waals surface area contributed by atoms with Crippen LogP contribution in [-0.2, 0) is 4.79 Å². The average Bonchev–Trinajstić information content (AvgIpc) is 3.22. The van der Waals surface area contributed by atoms with Gasteiger partial charge in [-0.1, -0.05) is 67.9 Å². The summed E-state index contributed by atoms with van der Waals surface area (Å²) >= 11 is 0. The van der Waals surface area contributed by atoms with Crippen molar-refractivity contribution in [1.82, 2.24) is 10.2 Å². The van der Waals surface area contributed by atoms with Crippen molar-refractivity contribution in [2.75, 3.05) is 31.1 Å². The quantitative estimate of drug-likeness (QED) is 0.419. The Morgan fingerprint density at radius 2 is 1.63 bits per heavy atom. The minimum absolute atomic E-state index is 0.0579. The molecule has 0 aromatic heterocycles. The van der Waals surface area contributed by atoms with Gasteiger partial charge in [-0.3, -0.25) is 9.59 Å². The lowest BCUT2D eigenvalue weighted by Crippen LogP contribution is -2.59. The topological polar surface area (TPSA) is 52.7 Å². The van der Waals surface area contributed by atoms with Crippen LogP contribution in [0.4, 0.5) is 18.9 Å². The largest absolute Gasteiger partial charge is 0.406 e. The van der Waals surface area contributed by atoms with Crippen LogP contribution in [0.1, 0.15) is 47.2 Å². The molecule has 0 bridgehead atoms. The summed E-state index contributed by atoms with van der Waals surface area (Å²) in [6, 6.07) is 22.2. The van der Waals surface area contributed by atoms with E-state index in [4.69, 9.17) is 0 Å². The van der Waals surface area contributed by atoms with Crippen molar-refractivity contribution >= 4 is 17.5 Å². The first-order valence-electron chi connectivity index (χ1n) is 13.0. The second-order valence-electron chi connectivity index (χ2n) is 9.93. The molecule has 1 saturated heterocycles. The number of fused-ring (bicyclic) bond motifs is 3. The highest BCUT2D eigenvalue weighted by molar-refractivity contribution is 5.99. The molecule has 1 atom stereocenters. The van der Waals surface area contributed by atoms with Crippen molar-refractivity contribution < 1.29 is 22.8 Å². The number of amides is 2. The number of carbonyl (C=O) groups excluding carboxylic acids is 2. The predicted octanol–water partition coefficient (Wildman–Crippen LogP) is 5.61. The molecule has 1 unspecified atom stereocenters. The third-order valence-corrected chi connectivity index (χ3v) is 7.24. The van der Waals surface area contributed by atoms with E-state index in [0.29, 0.717) is 31.5 Å². The molecule has 1 N–H and O–H groups in total. The van der Waals surface area contributed by atoms with Gasteiger partial charge in [0.1, 0.15) is 6.54 Å². The summed E-state index contributed by atoms with van der Waals surface area (Å²) < 4.78 is 40.4. The molecule has 38 heavy (non-hydrogen) atoms. The van der Waals surface area contributed by atoms with Gasteiger partial charge in [0.05, 0.1) is 12.0 Å². The average molecular weight is 522 g/mol. The Balaban J connectivity index is 1.43. The first-order chi connectivity index (χ1) is 18.3. The Hall–Kier alpha value is -3.81. The Bertz CT molecular complexity index is 1320. The Morgan fingerprint density at radius 1 is 0.947 bits per heavy atom. The molecule has 1 heterocycles. The fourth-order valence-corrected chi connectivity index (χ4v) is 5.41. The molecule has 1 aliphatic carbocycles. The molecule has 0 radical (unpaired) electrons.